The number of likely N-dealkylation sites (N-methyl/N-ethyl adjacent to an activating group) is 1. The molecule has 44 heavy (non-hydrogen) atoms. The molecule has 1 aromatic heterocycles. The lowest BCUT2D eigenvalue weighted by atomic mass is 10.1. The van der Waals surface area contributed by atoms with Crippen LogP contribution in [0.5, 0.6) is 11.5 Å². The van der Waals surface area contributed by atoms with Gasteiger partial charge in [-0.05, 0) is 79.1 Å². The van der Waals surface area contributed by atoms with E-state index in [0.717, 1.165) is 22.6 Å². The fourth-order valence-electron chi connectivity index (χ4n) is 5.73. The van der Waals surface area contributed by atoms with Crippen LogP contribution in [-0.2, 0) is 22.6 Å². The van der Waals surface area contributed by atoms with Crippen LogP contribution in [0.4, 0.5) is 10.1 Å². The van der Waals surface area contributed by atoms with Gasteiger partial charge in [-0.15, -0.1) is 0 Å². The number of para-hydroxylation sites is 2. The van der Waals surface area contributed by atoms with E-state index < -0.39 is 11.8 Å². The Bertz CT molecular complexity index is 1850. The van der Waals surface area contributed by atoms with Crippen molar-refractivity contribution < 1.29 is 28.2 Å². The highest BCUT2D eigenvalue weighted by Gasteiger charge is 2.25. The predicted octanol–water partition coefficient (Wildman–Crippen LogP) is 6.65. The van der Waals surface area contributed by atoms with Gasteiger partial charge >= 0.3 is 5.97 Å². The molecule has 7 nitrogen and oxygen atoms in total. The maximum Gasteiger partial charge on any atom is 0.310 e. The molecule has 1 aliphatic heterocycles. The van der Waals surface area contributed by atoms with E-state index in [0.29, 0.717) is 46.6 Å². The average molecular weight is 593 g/mol. The Morgan fingerprint density at radius 2 is 1.73 bits per heavy atom. The number of ether oxygens (including phenoxy) is 3. The lowest BCUT2D eigenvalue weighted by Crippen LogP contribution is -2.41. The highest BCUT2D eigenvalue weighted by Crippen LogP contribution is 2.33. The van der Waals surface area contributed by atoms with Crippen LogP contribution in [0, 0.1) is 19.7 Å². The van der Waals surface area contributed by atoms with Crippen molar-refractivity contribution in [3.63, 3.8) is 0 Å². The summed E-state index contributed by atoms with van der Waals surface area (Å²) in [5.74, 6) is 0.269. The number of hydrogen-bond donors (Lipinski definition) is 0. The lowest BCUT2D eigenvalue weighted by Gasteiger charge is -2.33. The molecular formula is C36H33FN2O5. The predicted molar refractivity (Wildman–Crippen MR) is 167 cm³/mol. The van der Waals surface area contributed by atoms with Gasteiger partial charge in [-0.1, -0.05) is 42.5 Å². The first kappa shape index (κ1) is 29.0. The fraction of sp³-hybridized carbons (Fsp3) is 0.222. The van der Waals surface area contributed by atoms with Crippen molar-refractivity contribution in [3.8, 4) is 11.5 Å². The Hall–Kier alpha value is -5.11. The van der Waals surface area contributed by atoms with E-state index in [-0.39, 0.29) is 25.0 Å². The van der Waals surface area contributed by atoms with Gasteiger partial charge in [-0.2, -0.15) is 0 Å². The molecule has 0 amide bonds. The Morgan fingerprint density at radius 3 is 2.52 bits per heavy atom. The minimum atomic E-state index is -0.456. The topological polar surface area (TPSA) is 70.0 Å². The number of esters is 1. The molecule has 6 rings (SSSR count). The summed E-state index contributed by atoms with van der Waals surface area (Å²) in [6, 6.07) is 26.9. The van der Waals surface area contributed by atoms with E-state index in [1.54, 1.807) is 29.7 Å². The molecule has 0 N–H and O–H groups in total. The first-order chi connectivity index (χ1) is 21.3. The third-order valence-electron chi connectivity index (χ3n) is 7.98. The molecule has 0 spiro atoms. The van der Waals surface area contributed by atoms with Crippen molar-refractivity contribution in [1.82, 2.24) is 4.57 Å². The zero-order valence-corrected chi connectivity index (χ0v) is 24.9. The van der Waals surface area contributed by atoms with Gasteiger partial charge in [0, 0.05) is 23.7 Å². The third-order valence-corrected chi connectivity index (χ3v) is 7.98. The molecule has 1 atom stereocenters. The van der Waals surface area contributed by atoms with Gasteiger partial charge < -0.3 is 19.1 Å². The second-order valence-electron chi connectivity index (χ2n) is 11.1. The Morgan fingerprint density at radius 1 is 0.955 bits per heavy atom. The van der Waals surface area contributed by atoms with Gasteiger partial charge in [0.05, 0.1) is 24.2 Å². The molecule has 0 saturated carbocycles. The summed E-state index contributed by atoms with van der Waals surface area (Å²) in [6.45, 7) is 4.79. The van der Waals surface area contributed by atoms with E-state index in [2.05, 4.69) is 4.90 Å². The van der Waals surface area contributed by atoms with E-state index in [4.69, 9.17) is 14.2 Å². The van der Waals surface area contributed by atoms with Crippen molar-refractivity contribution in [2.45, 2.75) is 33.0 Å². The van der Waals surface area contributed by atoms with Crippen molar-refractivity contribution >= 4 is 28.5 Å². The third kappa shape index (κ3) is 5.88. The number of rotatable bonds is 8. The monoisotopic (exact) mass is 592 g/mol. The number of halogens is 1. The molecule has 0 fully saturated rings. The van der Waals surface area contributed by atoms with Crippen LogP contribution >= 0.6 is 0 Å². The average Bonchev–Trinajstić information content (AvgIpc) is 3.29. The maximum absolute atomic E-state index is 14.4. The zero-order valence-electron chi connectivity index (χ0n) is 24.9. The highest BCUT2D eigenvalue weighted by atomic mass is 19.1. The highest BCUT2D eigenvalue weighted by molar-refractivity contribution is 6.05. The Labute approximate surface area is 255 Å². The molecule has 0 saturated heterocycles. The van der Waals surface area contributed by atoms with Gasteiger partial charge in [-0.3, -0.25) is 14.2 Å². The van der Waals surface area contributed by atoms with Crippen molar-refractivity contribution in [1.29, 1.82) is 0 Å². The summed E-state index contributed by atoms with van der Waals surface area (Å²) in [5, 5.41) is 0.504. The minimum Gasteiger partial charge on any atom is -0.490 e. The van der Waals surface area contributed by atoms with Gasteiger partial charge in [0.1, 0.15) is 36.6 Å². The number of carbonyl (C=O) groups excluding carboxylic acids is 2. The van der Waals surface area contributed by atoms with Gasteiger partial charge in [0.25, 0.3) is 5.91 Å². The van der Waals surface area contributed by atoms with Crippen LogP contribution < -0.4 is 14.4 Å². The quantitative estimate of drug-likeness (QED) is 0.188. The van der Waals surface area contributed by atoms with E-state index in [1.165, 1.54) is 12.1 Å². The number of fused-ring (bicyclic) bond motifs is 2. The number of aromatic nitrogens is 1. The Kier molecular flexibility index (Phi) is 8.07. The molecule has 8 heteroatoms. The summed E-state index contributed by atoms with van der Waals surface area (Å²) < 4.78 is 33.6. The van der Waals surface area contributed by atoms with Gasteiger partial charge in [0.2, 0.25) is 0 Å². The Balaban J connectivity index is 1.20. The largest absolute Gasteiger partial charge is 0.490 e. The van der Waals surface area contributed by atoms with Gasteiger partial charge in [0.15, 0.2) is 0 Å². The van der Waals surface area contributed by atoms with Crippen LogP contribution in [0.1, 0.15) is 32.7 Å². The maximum atomic E-state index is 14.4. The number of aryl methyl sites for hydroxylation is 1. The van der Waals surface area contributed by atoms with Crippen LogP contribution in [0.2, 0.25) is 0 Å². The van der Waals surface area contributed by atoms with Crippen molar-refractivity contribution in [3.05, 3.63) is 125 Å². The first-order valence-electron chi connectivity index (χ1n) is 14.5. The van der Waals surface area contributed by atoms with Crippen LogP contribution in [-0.4, -0.2) is 42.7 Å². The van der Waals surface area contributed by atoms with Crippen molar-refractivity contribution in [2.24, 2.45) is 0 Å². The molecule has 224 valence electrons. The van der Waals surface area contributed by atoms with Crippen LogP contribution in [0.3, 0.4) is 0 Å². The summed E-state index contributed by atoms with van der Waals surface area (Å²) in [7, 11) is 2.03. The minimum absolute atomic E-state index is 0.0897. The number of nitrogens with zero attached hydrogens (tertiary/aromatic N) is 2. The van der Waals surface area contributed by atoms with E-state index >= 15 is 0 Å². The zero-order chi connectivity index (χ0) is 30.8. The fourth-order valence-corrected chi connectivity index (χ4v) is 5.73. The molecule has 0 radical (unpaired) electrons. The summed E-state index contributed by atoms with van der Waals surface area (Å²) in [6.07, 6.45) is -0.239. The van der Waals surface area contributed by atoms with Crippen molar-refractivity contribution in [2.75, 3.05) is 25.1 Å². The summed E-state index contributed by atoms with van der Waals surface area (Å²) in [4.78, 5) is 28.9. The molecular weight excluding hydrogens is 559 g/mol. The molecule has 5 aromatic rings. The van der Waals surface area contributed by atoms with Gasteiger partial charge in [-0.25, -0.2) is 4.39 Å². The molecule has 0 aliphatic carbocycles. The molecule has 0 bridgehead atoms. The molecule has 0 unspecified atom stereocenters. The summed E-state index contributed by atoms with van der Waals surface area (Å²) in [5.41, 5.74) is 4.76. The lowest BCUT2D eigenvalue weighted by molar-refractivity contribution is -0.144. The number of anilines is 1. The normalized spacial score (nSPS) is 14.2. The molecule has 1 aliphatic rings. The summed E-state index contributed by atoms with van der Waals surface area (Å²) >= 11 is 0. The second kappa shape index (κ2) is 12.2. The van der Waals surface area contributed by atoms with E-state index in [9.17, 15) is 14.0 Å². The SMILES string of the molecule is Cc1cc(OC[C@@H]2CN(C)c3ccccc3O2)ccc1C(=O)n1c(C)c(CC(=O)OCc2ccccc2)c2cc(F)ccc21. The van der Waals surface area contributed by atoms with Crippen LogP contribution in [0.15, 0.2) is 91.0 Å². The molecule has 4 aromatic carbocycles. The second-order valence-corrected chi connectivity index (χ2v) is 11.1. The molecule has 2 heterocycles. The first-order valence-corrected chi connectivity index (χ1v) is 14.5. The number of benzene rings is 4. The number of hydrogen-bond acceptors (Lipinski definition) is 6. The number of carbonyl (C=O) groups is 2. The van der Waals surface area contributed by atoms with E-state index in [1.807, 2.05) is 74.6 Å². The van der Waals surface area contributed by atoms with Crippen LogP contribution in [0.25, 0.3) is 10.9 Å². The smallest absolute Gasteiger partial charge is 0.310 e. The standard InChI is InChI=1S/C36H33FN2O5/c1-23-17-27(42-22-28-20-38(3)33-11-7-8-12-34(33)44-28)14-15-29(23)36(41)39-24(2)30(31-18-26(37)13-16-32(31)39)19-35(40)43-21-25-9-5-4-6-10-25/h4-18,28H,19-22H2,1-3H3/t28-/m0/s1.